The van der Waals surface area contributed by atoms with Crippen molar-refractivity contribution >= 4 is 21.9 Å². The highest BCUT2D eigenvalue weighted by atomic mass is 32.2. The largest absolute Gasteiger partial charge is 0.768 e. The van der Waals surface area contributed by atoms with Gasteiger partial charge in [0.1, 0.15) is 5.75 Å². The summed E-state index contributed by atoms with van der Waals surface area (Å²) in [6.07, 6.45) is 0. The van der Waals surface area contributed by atoms with Crippen molar-refractivity contribution in [3.05, 3.63) is 36.4 Å². The van der Waals surface area contributed by atoms with Crippen molar-refractivity contribution in [2.75, 3.05) is 0 Å². The summed E-state index contributed by atoms with van der Waals surface area (Å²) in [6.45, 7) is 0. The second-order valence-corrected chi connectivity index (χ2v) is 3.78. The van der Waals surface area contributed by atoms with Gasteiger partial charge >= 0.3 is 0 Å². The number of rotatable bonds is 1. The van der Waals surface area contributed by atoms with Crippen LogP contribution in [0.15, 0.2) is 41.3 Å². The zero-order valence-electron chi connectivity index (χ0n) is 7.14. The van der Waals surface area contributed by atoms with Gasteiger partial charge in [0.25, 0.3) is 0 Å². The van der Waals surface area contributed by atoms with Gasteiger partial charge in [-0.3, -0.25) is 4.21 Å². The van der Waals surface area contributed by atoms with Crippen molar-refractivity contribution in [2.45, 2.75) is 4.90 Å². The lowest BCUT2D eigenvalue weighted by Gasteiger charge is -2.09. The summed E-state index contributed by atoms with van der Waals surface area (Å²) in [5, 5.41) is 11.0. The van der Waals surface area contributed by atoms with E-state index in [2.05, 4.69) is 0 Å². The van der Waals surface area contributed by atoms with Crippen LogP contribution in [0.5, 0.6) is 5.75 Å². The average Bonchev–Trinajstić information content (AvgIpc) is 2.18. The standard InChI is InChI=1S/C10H8O3S/c11-10-8-4-2-1-3-7(8)5-6-9(10)14(12)13/h1-6,11H,(H,12,13)/p-1. The molecule has 1 atom stereocenters. The van der Waals surface area contributed by atoms with Gasteiger partial charge < -0.3 is 9.66 Å². The van der Waals surface area contributed by atoms with E-state index in [0.29, 0.717) is 5.39 Å². The van der Waals surface area contributed by atoms with Crippen molar-refractivity contribution in [1.29, 1.82) is 0 Å². The predicted octanol–water partition coefficient (Wildman–Crippen LogP) is 1.78. The van der Waals surface area contributed by atoms with Crippen LogP contribution in [0.2, 0.25) is 0 Å². The van der Waals surface area contributed by atoms with Crippen LogP contribution in [-0.2, 0) is 11.1 Å². The van der Waals surface area contributed by atoms with Crippen molar-refractivity contribution in [1.82, 2.24) is 0 Å². The number of benzene rings is 2. The smallest absolute Gasteiger partial charge is 0.138 e. The summed E-state index contributed by atoms with van der Waals surface area (Å²) in [7, 11) is 0. The molecule has 0 aliphatic carbocycles. The van der Waals surface area contributed by atoms with Crippen molar-refractivity contribution in [3.8, 4) is 5.75 Å². The van der Waals surface area contributed by atoms with Gasteiger partial charge in [-0.15, -0.1) is 0 Å². The number of hydrogen-bond donors (Lipinski definition) is 1. The van der Waals surface area contributed by atoms with E-state index < -0.39 is 11.1 Å². The molecule has 0 amide bonds. The number of phenols is 1. The first kappa shape index (κ1) is 9.18. The number of aromatic hydroxyl groups is 1. The second kappa shape index (κ2) is 3.40. The minimum absolute atomic E-state index is 0.0660. The molecule has 2 aromatic rings. The quantitative estimate of drug-likeness (QED) is 0.725. The van der Waals surface area contributed by atoms with E-state index in [-0.39, 0.29) is 10.6 Å². The molecule has 2 rings (SSSR count). The Hall–Kier alpha value is -1.39. The first-order valence-electron chi connectivity index (χ1n) is 4.00. The Bertz CT molecular complexity index is 508. The Labute approximate surface area is 83.3 Å². The van der Waals surface area contributed by atoms with Gasteiger partial charge in [0.15, 0.2) is 0 Å². The predicted molar refractivity (Wildman–Crippen MR) is 52.8 cm³/mol. The molecule has 0 spiro atoms. The molecule has 72 valence electrons. The minimum atomic E-state index is -2.40. The Morgan fingerprint density at radius 2 is 1.86 bits per heavy atom. The molecule has 0 saturated heterocycles. The molecule has 0 aliphatic rings. The molecular formula is C10H7O3S-. The third-order valence-corrected chi connectivity index (χ3v) is 2.73. The van der Waals surface area contributed by atoms with Gasteiger partial charge in [0.05, 0.1) is 4.90 Å². The van der Waals surface area contributed by atoms with Gasteiger partial charge in [-0.05, 0) is 22.5 Å². The molecule has 14 heavy (non-hydrogen) atoms. The molecule has 1 unspecified atom stereocenters. The highest BCUT2D eigenvalue weighted by Gasteiger charge is 2.05. The number of hydrogen-bond acceptors (Lipinski definition) is 3. The molecule has 0 saturated carbocycles. The van der Waals surface area contributed by atoms with Crippen LogP contribution < -0.4 is 0 Å². The summed E-state index contributed by atoms with van der Waals surface area (Å²) in [5.74, 6) is -0.184. The molecule has 0 heterocycles. The molecule has 0 fully saturated rings. The van der Waals surface area contributed by atoms with Crippen LogP contribution in [-0.4, -0.2) is 13.9 Å². The third-order valence-electron chi connectivity index (χ3n) is 2.04. The molecule has 0 aromatic heterocycles. The van der Waals surface area contributed by atoms with Crippen LogP contribution >= 0.6 is 0 Å². The van der Waals surface area contributed by atoms with Gasteiger partial charge in [0, 0.05) is 5.39 Å². The second-order valence-electron chi connectivity index (χ2n) is 2.87. The fourth-order valence-electron chi connectivity index (χ4n) is 1.37. The van der Waals surface area contributed by atoms with Crippen LogP contribution in [0.1, 0.15) is 0 Å². The third kappa shape index (κ3) is 1.38. The SMILES string of the molecule is O=S([O-])c1ccc2ccccc2c1O. The van der Waals surface area contributed by atoms with Crippen LogP contribution in [0.25, 0.3) is 10.8 Å². The molecule has 0 radical (unpaired) electrons. The molecular weight excluding hydrogens is 200 g/mol. The molecule has 0 aliphatic heterocycles. The molecule has 1 N–H and O–H groups in total. The van der Waals surface area contributed by atoms with Crippen molar-refractivity contribution in [2.24, 2.45) is 0 Å². The maximum Gasteiger partial charge on any atom is 0.138 e. The molecule has 4 heteroatoms. The van der Waals surface area contributed by atoms with Crippen molar-refractivity contribution in [3.63, 3.8) is 0 Å². The summed E-state index contributed by atoms with van der Waals surface area (Å²) in [4.78, 5) is -0.0660. The van der Waals surface area contributed by atoms with Crippen LogP contribution in [0.3, 0.4) is 0 Å². The summed E-state index contributed by atoms with van der Waals surface area (Å²) in [6, 6.07) is 10.1. The van der Waals surface area contributed by atoms with E-state index in [1.807, 2.05) is 12.1 Å². The van der Waals surface area contributed by atoms with Crippen LogP contribution in [0, 0.1) is 0 Å². The van der Waals surface area contributed by atoms with Crippen LogP contribution in [0.4, 0.5) is 0 Å². The van der Waals surface area contributed by atoms with E-state index in [1.54, 1.807) is 18.2 Å². The Balaban J connectivity index is 2.81. The first-order chi connectivity index (χ1) is 6.70. The fourth-order valence-corrected chi connectivity index (χ4v) is 1.82. The Morgan fingerprint density at radius 3 is 2.57 bits per heavy atom. The summed E-state index contributed by atoms with van der Waals surface area (Å²) in [5.41, 5.74) is 0. The summed E-state index contributed by atoms with van der Waals surface area (Å²) < 4.78 is 21.4. The van der Waals surface area contributed by atoms with E-state index in [0.717, 1.165) is 5.39 Å². The molecule has 0 bridgehead atoms. The fraction of sp³-hybridized carbons (Fsp3) is 0. The average molecular weight is 207 g/mol. The monoisotopic (exact) mass is 207 g/mol. The minimum Gasteiger partial charge on any atom is -0.768 e. The van der Waals surface area contributed by atoms with E-state index in [1.165, 1.54) is 6.07 Å². The summed E-state index contributed by atoms with van der Waals surface area (Å²) >= 11 is -2.40. The zero-order valence-corrected chi connectivity index (χ0v) is 7.95. The normalized spacial score (nSPS) is 12.9. The van der Waals surface area contributed by atoms with Gasteiger partial charge in [-0.2, -0.15) is 0 Å². The maximum absolute atomic E-state index is 10.7. The Morgan fingerprint density at radius 1 is 1.14 bits per heavy atom. The highest BCUT2D eigenvalue weighted by Crippen LogP contribution is 2.29. The zero-order chi connectivity index (χ0) is 10.1. The van der Waals surface area contributed by atoms with Gasteiger partial charge in [-0.25, -0.2) is 0 Å². The van der Waals surface area contributed by atoms with Crippen molar-refractivity contribution < 1.29 is 13.9 Å². The first-order valence-corrected chi connectivity index (χ1v) is 5.07. The lowest BCUT2D eigenvalue weighted by atomic mass is 10.1. The van der Waals surface area contributed by atoms with E-state index in [4.69, 9.17) is 0 Å². The number of fused-ring (bicyclic) bond motifs is 1. The maximum atomic E-state index is 10.7. The van der Waals surface area contributed by atoms with E-state index >= 15 is 0 Å². The topological polar surface area (TPSA) is 60.4 Å². The molecule has 3 nitrogen and oxygen atoms in total. The number of phenolic OH excluding ortho intramolecular Hbond substituents is 1. The highest BCUT2D eigenvalue weighted by molar-refractivity contribution is 7.79. The lowest BCUT2D eigenvalue weighted by molar-refractivity contribution is 0.461. The lowest BCUT2D eigenvalue weighted by Crippen LogP contribution is -1.89. The van der Waals surface area contributed by atoms with Gasteiger partial charge in [0.2, 0.25) is 0 Å². The van der Waals surface area contributed by atoms with Gasteiger partial charge in [-0.1, -0.05) is 30.3 Å². The Kier molecular flexibility index (Phi) is 2.23. The molecule has 2 aromatic carbocycles. The van der Waals surface area contributed by atoms with E-state index in [9.17, 15) is 13.9 Å².